The summed E-state index contributed by atoms with van der Waals surface area (Å²) >= 11 is 0. The quantitative estimate of drug-likeness (QED) is 0.715. The number of pyridine rings is 1. The molecule has 1 heterocycles. The second-order valence-electron chi connectivity index (χ2n) is 4.64. The molecule has 0 aromatic carbocycles. The van der Waals surface area contributed by atoms with Gasteiger partial charge < -0.3 is 16.4 Å². The fraction of sp³-hybridized carbons (Fsp3) is 0.462. The van der Waals surface area contributed by atoms with Crippen LogP contribution in [-0.2, 0) is 9.59 Å². The molecule has 6 nitrogen and oxygen atoms in total. The highest BCUT2D eigenvalue weighted by molar-refractivity contribution is 5.94. The summed E-state index contributed by atoms with van der Waals surface area (Å²) in [6.07, 6.45) is 4.51. The Morgan fingerprint density at radius 3 is 2.68 bits per heavy atom. The molecule has 0 spiro atoms. The van der Waals surface area contributed by atoms with E-state index >= 15 is 0 Å². The summed E-state index contributed by atoms with van der Waals surface area (Å²) < 4.78 is 0. The number of aromatic nitrogens is 1. The zero-order valence-electron chi connectivity index (χ0n) is 10.7. The SMILES string of the molecule is NCCCC(=O)Nc1ccc(NC(=O)C2CC2)nc1. The third-order valence-electron chi connectivity index (χ3n) is 2.85. The Labute approximate surface area is 111 Å². The predicted molar refractivity (Wildman–Crippen MR) is 72.5 cm³/mol. The number of rotatable bonds is 6. The summed E-state index contributed by atoms with van der Waals surface area (Å²) in [5.74, 6) is 0.601. The van der Waals surface area contributed by atoms with E-state index in [4.69, 9.17) is 5.73 Å². The van der Waals surface area contributed by atoms with Crippen molar-refractivity contribution in [2.45, 2.75) is 25.7 Å². The number of nitrogens with one attached hydrogen (secondary N) is 2. The van der Waals surface area contributed by atoms with E-state index in [0.29, 0.717) is 30.9 Å². The molecule has 1 fully saturated rings. The molecule has 1 aromatic rings. The number of nitrogens with zero attached hydrogens (tertiary/aromatic N) is 1. The topological polar surface area (TPSA) is 97.1 Å². The maximum Gasteiger partial charge on any atom is 0.228 e. The lowest BCUT2D eigenvalue weighted by Crippen LogP contribution is -2.15. The van der Waals surface area contributed by atoms with Crippen molar-refractivity contribution in [3.05, 3.63) is 18.3 Å². The molecular formula is C13H18N4O2. The van der Waals surface area contributed by atoms with Gasteiger partial charge in [0.15, 0.2) is 0 Å². The molecule has 0 saturated heterocycles. The highest BCUT2D eigenvalue weighted by Crippen LogP contribution is 2.29. The van der Waals surface area contributed by atoms with E-state index in [-0.39, 0.29) is 17.7 Å². The standard InChI is InChI=1S/C13H18N4O2/c14-7-1-2-12(18)16-10-5-6-11(15-8-10)17-13(19)9-3-4-9/h5-6,8-9H,1-4,7,14H2,(H,16,18)(H,15,17,19). The first kappa shape index (κ1) is 13.5. The Balaban J connectivity index is 1.83. The van der Waals surface area contributed by atoms with Gasteiger partial charge >= 0.3 is 0 Å². The summed E-state index contributed by atoms with van der Waals surface area (Å²) in [7, 11) is 0. The van der Waals surface area contributed by atoms with Crippen LogP contribution in [0.2, 0.25) is 0 Å². The molecule has 2 amide bonds. The van der Waals surface area contributed by atoms with Crippen LogP contribution < -0.4 is 16.4 Å². The van der Waals surface area contributed by atoms with Crippen molar-refractivity contribution >= 4 is 23.3 Å². The molecule has 1 aliphatic rings. The number of anilines is 2. The molecule has 2 rings (SSSR count). The summed E-state index contributed by atoms with van der Waals surface area (Å²) in [4.78, 5) is 27.1. The molecule has 102 valence electrons. The fourth-order valence-electron chi connectivity index (χ4n) is 1.60. The normalized spacial score (nSPS) is 13.9. The van der Waals surface area contributed by atoms with Gasteiger partial charge in [-0.15, -0.1) is 0 Å². The van der Waals surface area contributed by atoms with E-state index in [1.54, 1.807) is 12.1 Å². The number of hydrogen-bond acceptors (Lipinski definition) is 4. The van der Waals surface area contributed by atoms with Gasteiger partial charge in [-0.2, -0.15) is 0 Å². The third kappa shape index (κ3) is 4.33. The van der Waals surface area contributed by atoms with Crippen LogP contribution >= 0.6 is 0 Å². The number of carbonyl (C=O) groups excluding carboxylic acids is 2. The average Bonchev–Trinajstić information content (AvgIpc) is 3.23. The molecule has 0 bridgehead atoms. The maximum absolute atomic E-state index is 11.5. The first-order chi connectivity index (χ1) is 9.19. The minimum atomic E-state index is -0.0815. The first-order valence-electron chi connectivity index (χ1n) is 6.46. The van der Waals surface area contributed by atoms with Crippen LogP contribution in [0.4, 0.5) is 11.5 Å². The Kier molecular flexibility index (Phi) is 4.46. The lowest BCUT2D eigenvalue weighted by Gasteiger charge is -2.06. The molecule has 19 heavy (non-hydrogen) atoms. The van der Waals surface area contributed by atoms with Gasteiger partial charge in [0.2, 0.25) is 11.8 Å². The molecule has 1 saturated carbocycles. The second kappa shape index (κ2) is 6.29. The number of amides is 2. The van der Waals surface area contributed by atoms with Gasteiger partial charge in [0.05, 0.1) is 11.9 Å². The Bertz CT molecular complexity index is 454. The van der Waals surface area contributed by atoms with Crippen molar-refractivity contribution in [3.8, 4) is 0 Å². The highest BCUT2D eigenvalue weighted by atomic mass is 16.2. The predicted octanol–water partition coefficient (Wildman–Crippen LogP) is 1.11. The van der Waals surface area contributed by atoms with E-state index < -0.39 is 0 Å². The van der Waals surface area contributed by atoms with Gasteiger partial charge in [0.25, 0.3) is 0 Å². The minimum Gasteiger partial charge on any atom is -0.330 e. The van der Waals surface area contributed by atoms with E-state index in [9.17, 15) is 9.59 Å². The van der Waals surface area contributed by atoms with Gasteiger partial charge in [-0.1, -0.05) is 0 Å². The third-order valence-corrected chi connectivity index (χ3v) is 2.85. The molecule has 6 heteroatoms. The van der Waals surface area contributed by atoms with Crippen molar-refractivity contribution in [1.82, 2.24) is 4.98 Å². The molecular weight excluding hydrogens is 244 g/mol. The highest BCUT2D eigenvalue weighted by Gasteiger charge is 2.29. The van der Waals surface area contributed by atoms with Crippen molar-refractivity contribution in [3.63, 3.8) is 0 Å². The molecule has 0 aliphatic heterocycles. The van der Waals surface area contributed by atoms with Crippen LogP contribution in [-0.4, -0.2) is 23.3 Å². The van der Waals surface area contributed by atoms with Gasteiger partial charge in [-0.05, 0) is 37.9 Å². The summed E-state index contributed by atoms with van der Waals surface area (Å²) in [6.45, 7) is 0.498. The molecule has 0 radical (unpaired) electrons. The maximum atomic E-state index is 11.5. The van der Waals surface area contributed by atoms with Crippen molar-refractivity contribution in [2.24, 2.45) is 11.7 Å². The van der Waals surface area contributed by atoms with E-state index in [0.717, 1.165) is 12.8 Å². The van der Waals surface area contributed by atoms with Crippen LogP contribution in [0.3, 0.4) is 0 Å². The summed E-state index contributed by atoms with van der Waals surface area (Å²) in [5.41, 5.74) is 5.95. The zero-order valence-corrected chi connectivity index (χ0v) is 10.7. The van der Waals surface area contributed by atoms with Crippen LogP contribution in [0.5, 0.6) is 0 Å². The minimum absolute atomic E-state index is 0.0206. The molecule has 1 aromatic heterocycles. The second-order valence-corrected chi connectivity index (χ2v) is 4.64. The number of hydrogen-bond donors (Lipinski definition) is 3. The largest absolute Gasteiger partial charge is 0.330 e. The Morgan fingerprint density at radius 2 is 2.11 bits per heavy atom. The molecule has 4 N–H and O–H groups in total. The zero-order chi connectivity index (χ0) is 13.7. The first-order valence-corrected chi connectivity index (χ1v) is 6.46. The Morgan fingerprint density at radius 1 is 1.32 bits per heavy atom. The van der Waals surface area contributed by atoms with Crippen LogP contribution in [0.1, 0.15) is 25.7 Å². The van der Waals surface area contributed by atoms with Crippen molar-refractivity contribution in [2.75, 3.05) is 17.2 Å². The van der Waals surface area contributed by atoms with Crippen LogP contribution in [0.15, 0.2) is 18.3 Å². The van der Waals surface area contributed by atoms with Gasteiger partial charge in [0.1, 0.15) is 5.82 Å². The number of nitrogens with two attached hydrogens (primary N) is 1. The van der Waals surface area contributed by atoms with E-state index in [2.05, 4.69) is 15.6 Å². The van der Waals surface area contributed by atoms with Gasteiger partial charge in [0, 0.05) is 12.3 Å². The van der Waals surface area contributed by atoms with Gasteiger partial charge in [-0.3, -0.25) is 9.59 Å². The average molecular weight is 262 g/mol. The summed E-state index contributed by atoms with van der Waals surface area (Å²) in [5, 5.41) is 5.46. The van der Waals surface area contributed by atoms with E-state index in [1.807, 2.05) is 0 Å². The number of carbonyl (C=O) groups is 2. The van der Waals surface area contributed by atoms with Crippen molar-refractivity contribution in [1.29, 1.82) is 0 Å². The Hall–Kier alpha value is -1.95. The fourth-order valence-corrected chi connectivity index (χ4v) is 1.60. The van der Waals surface area contributed by atoms with Gasteiger partial charge in [-0.25, -0.2) is 4.98 Å². The van der Waals surface area contributed by atoms with Crippen molar-refractivity contribution < 1.29 is 9.59 Å². The monoisotopic (exact) mass is 262 g/mol. The van der Waals surface area contributed by atoms with Crippen LogP contribution in [0.25, 0.3) is 0 Å². The summed E-state index contributed by atoms with van der Waals surface area (Å²) in [6, 6.07) is 3.40. The molecule has 0 atom stereocenters. The molecule has 1 aliphatic carbocycles. The smallest absolute Gasteiger partial charge is 0.228 e. The lowest BCUT2D eigenvalue weighted by molar-refractivity contribution is -0.117. The lowest BCUT2D eigenvalue weighted by atomic mass is 10.3. The molecule has 0 unspecified atom stereocenters. The van der Waals surface area contributed by atoms with Crippen LogP contribution in [0, 0.1) is 5.92 Å². The van der Waals surface area contributed by atoms with E-state index in [1.165, 1.54) is 6.20 Å².